The van der Waals surface area contributed by atoms with Crippen molar-refractivity contribution in [1.29, 1.82) is 0 Å². The predicted octanol–water partition coefficient (Wildman–Crippen LogP) is 2.95. The molecule has 4 rings (SSSR count). The van der Waals surface area contributed by atoms with Gasteiger partial charge >= 0.3 is 5.97 Å². The van der Waals surface area contributed by atoms with Gasteiger partial charge in [0, 0.05) is 23.4 Å². The van der Waals surface area contributed by atoms with Gasteiger partial charge in [-0.2, -0.15) is 5.10 Å². The molecule has 114 valence electrons. The van der Waals surface area contributed by atoms with E-state index in [1.807, 2.05) is 23.1 Å². The highest BCUT2D eigenvalue weighted by Crippen LogP contribution is 2.40. The molecule has 0 atom stereocenters. The molecule has 2 aliphatic carbocycles. The number of esters is 1. The molecule has 0 aromatic carbocycles. The molecule has 0 spiro atoms. The van der Waals surface area contributed by atoms with Gasteiger partial charge in [-0.3, -0.25) is 14.5 Å². The normalized spacial score (nSPS) is 23.9. The molecule has 0 aliphatic heterocycles. The molecule has 5 nitrogen and oxygen atoms in total. The fraction of sp³-hybridized carbons (Fsp3) is 0.471. The minimum atomic E-state index is -0.109. The monoisotopic (exact) mass is 297 g/mol. The number of methoxy groups -OCH3 is 1. The summed E-state index contributed by atoms with van der Waals surface area (Å²) in [6.45, 7) is 0. The van der Waals surface area contributed by atoms with E-state index in [4.69, 9.17) is 9.72 Å². The van der Waals surface area contributed by atoms with Crippen LogP contribution in [0.1, 0.15) is 43.3 Å². The first-order valence-corrected chi connectivity index (χ1v) is 7.84. The first kappa shape index (κ1) is 13.5. The molecule has 5 heteroatoms. The van der Waals surface area contributed by atoms with E-state index in [2.05, 4.69) is 17.2 Å². The number of hydrogen-bond donors (Lipinski definition) is 0. The lowest BCUT2D eigenvalue weighted by molar-refractivity contribution is -0.149. The maximum absolute atomic E-state index is 11.4. The largest absolute Gasteiger partial charge is 0.469 e. The zero-order chi connectivity index (χ0) is 15.1. The summed E-state index contributed by atoms with van der Waals surface area (Å²) in [5.41, 5.74) is 3.23. The van der Waals surface area contributed by atoms with Crippen molar-refractivity contribution in [2.24, 2.45) is 5.92 Å². The van der Waals surface area contributed by atoms with E-state index in [1.54, 1.807) is 0 Å². The minimum absolute atomic E-state index is 0.0268. The van der Waals surface area contributed by atoms with E-state index < -0.39 is 0 Å². The van der Waals surface area contributed by atoms with Gasteiger partial charge in [0.05, 0.1) is 31.0 Å². The fourth-order valence-corrected chi connectivity index (χ4v) is 3.05. The smallest absolute Gasteiger partial charge is 0.308 e. The summed E-state index contributed by atoms with van der Waals surface area (Å²) in [6, 6.07) is 6.51. The van der Waals surface area contributed by atoms with Crippen molar-refractivity contribution in [1.82, 2.24) is 14.8 Å². The van der Waals surface area contributed by atoms with Crippen LogP contribution in [0.4, 0.5) is 0 Å². The summed E-state index contributed by atoms with van der Waals surface area (Å²) in [4.78, 5) is 16.2. The van der Waals surface area contributed by atoms with Gasteiger partial charge in [0.15, 0.2) is 0 Å². The second-order valence-corrected chi connectivity index (χ2v) is 6.28. The Morgan fingerprint density at radius 3 is 2.86 bits per heavy atom. The molecule has 0 radical (unpaired) electrons. The molecule has 0 N–H and O–H groups in total. The molecule has 2 aliphatic rings. The number of pyridine rings is 1. The minimum Gasteiger partial charge on any atom is -0.469 e. The van der Waals surface area contributed by atoms with Gasteiger partial charge in [0.2, 0.25) is 0 Å². The molecule has 0 amide bonds. The third-order valence-electron chi connectivity index (χ3n) is 4.69. The molecule has 2 aromatic heterocycles. The number of carbonyl (C=O) groups is 1. The van der Waals surface area contributed by atoms with Crippen molar-refractivity contribution in [3.05, 3.63) is 36.3 Å². The molecule has 0 saturated heterocycles. The van der Waals surface area contributed by atoms with Crippen LogP contribution in [0.3, 0.4) is 0 Å². The van der Waals surface area contributed by atoms with E-state index in [0.29, 0.717) is 12.0 Å². The van der Waals surface area contributed by atoms with Crippen LogP contribution in [0.5, 0.6) is 0 Å². The number of nitrogens with zero attached hydrogens (tertiary/aromatic N) is 3. The third kappa shape index (κ3) is 2.40. The highest BCUT2D eigenvalue weighted by Gasteiger charge is 2.36. The number of aromatic nitrogens is 3. The van der Waals surface area contributed by atoms with Gasteiger partial charge < -0.3 is 4.74 Å². The Bertz CT molecular complexity index is 699. The van der Waals surface area contributed by atoms with E-state index in [9.17, 15) is 4.79 Å². The Kier molecular flexibility index (Phi) is 3.21. The molecule has 0 unspecified atom stereocenters. The number of ether oxygens (including phenoxy) is 1. The van der Waals surface area contributed by atoms with E-state index in [1.165, 1.54) is 25.6 Å². The van der Waals surface area contributed by atoms with Crippen LogP contribution in [0.15, 0.2) is 30.6 Å². The lowest BCUT2D eigenvalue weighted by atomic mass is 9.80. The van der Waals surface area contributed by atoms with Gasteiger partial charge in [-0.1, -0.05) is 6.07 Å². The van der Waals surface area contributed by atoms with Crippen molar-refractivity contribution < 1.29 is 9.53 Å². The highest BCUT2D eigenvalue weighted by atomic mass is 16.5. The Hall–Kier alpha value is -2.17. The van der Waals surface area contributed by atoms with Crippen molar-refractivity contribution in [2.75, 3.05) is 7.11 Å². The Labute approximate surface area is 129 Å². The Balaban J connectivity index is 1.48. The van der Waals surface area contributed by atoms with Gasteiger partial charge in [-0.15, -0.1) is 0 Å². The number of hydrogen-bond acceptors (Lipinski definition) is 4. The summed E-state index contributed by atoms with van der Waals surface area (Å²) in [7, 11) is 1.44. The van der Waals surface area contributed by atoms with Gasteiger partial charge in [0.25, 0.3) is 0 Å². The highest BCUT2D eigenvalue weighted by molar-refractivity contribution is 5.73. The quantitative estimate of drug-likeness (QED) is 0.814. The first-order valence-electron chi connectivity index (χ1n) is 7.84. The lowest BCUT2D eigenvalue weighted by Crippen LogP contribution is -2.33. The SMILES string of the molecule is COC(=O)C1CC(n2cc(-c3cccc(C4CC4)n3)cn2)C1. The first-order chi connectivity index (χ1) is 10.7. The van der Waals surface area contributed by atoms with Crippen molar-refractivity contribution in [3.8, 4) is 11.3 Å². The average molecular weight is 297 g/mol. The molecule has 2 heterocycles. The van der Waals surface area contributed by atoms with Gasteiger partial charge in [-0.05, 0) is 37.8 Å². The topological polar surface area (TPSA) is 57.0 Å². The third-order valence-corrected chi connectivity index (χ3v) is 4.69. The van der Waals surface area contributed by atoms with Crippen LogP contribution in [-0.2, 0) is 9.53 Å². The van der Waals surface area contributed by atoms with Crippen LogP contribution >= 0.6 is 0 Å². The second kappa shape index (κ2) is 5.23. The fourth-order valence-electron chi connectivity index (χ4n) is 3.05. The summed E-state index contributed by atoms with van der Waals surface area (Å²) >= 11 is 0. The number of carbonyl (C=O) groups excluding carboxylic acids is 1. The van der Waals surface area contributed by atoms with E-state index in [-0.39, 0.29) is 11.9 Å². The molecule has 2 saturated carbocycles. The zero-order valence-corrected chi connectivity index (χ0v) is 12.6. The molecule has 2 fully saturated rings. The molecule has 2 aromatic rings. The van der Waals surface area contributed by atoms with Gasteiger partial charge in [0.1, 0.15) is 0 Å². The summed E-state index contributed by atoms with van der Waals surface area (Å²) < 4.78 is 6.73. The molecule has 22 heavy (non-hydrogen) atoms. The summed E-state index contributed by atoms with van der Waals surface area (Å²) in [6.07, 6.45) is 8.04. The predicted molar refractivity (Wildman–Crippen MR) is 81.2 cm³/mol. The van der Waals surface area contributed by atoms with Crippen molar-refractivity contribution in [2.45, 2.75) is 37.6 Å². The maximum Gasteiger partial charge on any atom is 0.308 e. The molecule has 0 bridgehead atoms. The summed E-state index contributed by atoms with van der Waals surface area (Å²) in [5, 5.41) is 4.45. The summed E-state index contributed by atoms with van der Waals surface area (Å²) in [5.74, 6) is 0.573. The standard InChI is InChI=1S/C17H19N3O2/c1-22-17(21)12-7-14(8-12)20-10-13(9-18-20)16-4-2-3-15(19-16)11-5-6-11/h2-4,9-12,14H,5-8H2,1H3. The Morgan fingerprint density at radius 2 is 2.14 bits per heavy atom. The Morgan fingerprint density at radius 1 is 1.32 bits per heavy atom. The molecular weight excluding hydrogens is 278 g/mol. The van der Waals surface area contributed by atoms with Gasteiger partial charge in [-0.25, -0.2) is 0 Å². The van der Waals surface area contributed by atoms with Crippen LogP contribution in [0.25, 0.3) is 11.3 Å². The number of rotatable bonds is 4. The van der Waals surface area contributed by atoms with E-state index >= 15 is 0 Å². The van der Waals surface area contributed by atoms with E-state index in [0.717, 1.165) is 24.1 Å². The zero-order valence-electron chi connectivity index (χ0n) is 12.6. The van der Waals surface area contributed by atoms with Crippen molar-refractivity contribution >= 4 is 5.97 Å². The molecular formula is C17H19N3O2. The maximum atomic E-state index is 11.4. The second-order valence-electron chi connectivity index (χ2n) is 6.28. The van der Waals surface area contributed by atoms with Crippen molar-refractivity contribution in [3.63, 3.8) is 0 Å². The lowest BCUT2D eigenvalue weighted by Gasteiger charge is -2.33. The van der Waals surface area contributed by atoms with Crippen LogP contribution in [-0.4, -0.2) is 27.8 Å². The van der Waals surface area contributed by atoms with Crippen LogP contribution < -0.4 is 0 Å². The average Bonchev–Trinajstić information content (AvgIpc) is 3.25. The van der Waals surface area contributed by atoms with Crippen LogP contribution in [0, 0.1) is 5.92 Å². The van der Waals surface area contributed by atoms with Crippen LogP contribution in [0.2, 0.25) is 0 Å².